The summed E-state index contributed by atoms with van der Waals surface area (Å²) in [5, 5.41) is 0. The van der Waals surface area contributed by atoms with Crippen LogP contribution in [0.15, 0.2) is 65.5 Å². The van der Waals surface area contributed by atoms with E-state index in [-0.39, 0.29) is 5.91 Å². The Balaban J connectivity index is 1.86. The van der Waals surface area contributed by atoms with Crippen molar-refractivity contribution in [3.8, 4) is 0 Å². The molecule has 2 aromatic heterocycles. The van der Waals surface area contributed by atoms with Gasteiger partial charge in [-0.25, -0.2) is 4.98 Å². The van der Waals surface area contributed by atoms with Crippen molar-refractivity contribution in [1.82, 2.24) is 19.9 Å². The highest BCUT2D eigenvalue weighted by Crippen LogP contribution is 2.15. The number of aryl methyl sites for hydroxylation is 1. The average Bonchev–Trinajstić information content (AvgIpc) is 2.64. The Hall–Kier alpha value is -2.60. The van der Waals surface area contributed by atoms with Crippen LogP contribution in [0.1, 0.15) is 27.4 Å². The summed E-state index contributed by atoms with van der Waals surface area (Å²) in [6.07, 6.45) is 4.85. The zero-order valence-electron chi connectivity index (χ0n) is 13.8. The fourth-order valence-corrected chi connectivity index (χ4v) is 2.63. The van der Waals surface area contributed by atoms with E-state index in [0.29, 0.717) is 18.8 Å². The Morgan fingerprint density at radius 2 is 1.80 bits per heavy atom. The SMILES string of the molecule is Cc1cnc(C(=O)N(Cc2ccc(Br)cc2)Cc2ccccn2)cn1. The summed E-state index contributed by atoms with van der Waals surface area (Å²) in [7, 11) is 0. The van der Waals surface area contributed by atoms with Crippen LogP contribution in [-0.4, -0.2) is 25.8 Å². The smallest absolute Gasteiger partial charge is 0.274 e. The lowest BCUT2D eigenvalue weighted by molar-refractivity contribution is 0.0721. The minimum absolute atomic E-state index is 0.166. The third-order valence-electron chi connectivity index (χ3n) is 3.65. The summed E-state index contributed by atoms with van der Waals surface area (Å²) in [5.74, 6) is -0.166. The zero-order chi connectivity index (χ0) is 17.6. The number of amides is 1. The molecule has 0 fully saturated rings. The first-order valence-corrected chi connectivity index (χ1v) is 8.63. The molecule has 3 aromatic rings. The first-order chi connectivity index (χ1) is 12.1. The van der Waals surface area contributed by atoms with Crippen molar-refractivity contribution in [2.45, 2.75) is 20.0 Å². The van der Waals surface area contributed by atoms with E-state index in [2.05, 4.69) is 30.9 Å². The maximum absolute atomic E-state index is 12.9. The Labute approximate surface area is 154 Å². The molecule has 0 bridgehead atoms. The molecular weight excluding hydrogens is 380 g/mol. The number of pyridine rings is 1. The van der Waals surface area contributed by atoms with Gasteiger partial charge in [-0.15, -0.1) is 0 Å². The highest BCUT2D eigenvalue weighted by atomic mass is 79.9. The molecule has 1 aromatic carbocycles. The minimum atomic E-state index is -0.166. The molecule has 0 aliphatic rings. The van der Waals surface area contributed by atoms with Gasteiger partial charge in [-0.2, -0.15) is 0 Å². The van der Waals surface area contributed by atoms with Crippen LogP contribution in [-0.2, 0) is 13.1 Å². The summed E-state index contributed by atoms with van der Waals surface area (Å²) in [5.41, 5.74) is 2.97. The number of benzene rings is 1. The molecule has 3 rings (SSSR count). The predicted octanol–water partition coefficient (Wildman–Crippen LogP) is 3.79. The summed E-state index contributed by atoms with van der Waals surface area (Å²) in [4.78, 5) is 27.4. The number of hydrogen-bond donors (Lipinski definition) is 0. The van der Waals surface area contributed by atoms with Crippen LogP contribution in [0.5, 0.6) is 0 Å². The van der Waals surface area contributed by atoms with Gasteiger partial charge in [0, 0.05) is 23.4 Å². The second-order valence-corrected chi connectivity index (χ2v) is 6.57. The lowest BCUT2D eigenvalue weighted by Gasteiger charge is -2.22. The molecule has 0 radical (unpaired) electrons. The van der Waals surface area contributed by atoms with Crippen LogP contribution in [0.2, 0.25) is 0 Å². The first kappa shape index (κ1) is 17.2. The Bertz CT molecular complexity index is 836. The molecule has 6 heteroatoms. The highest BCUT2D eigenvalue weighted by molar-refractivity contribution is 9.10. The van der Waals surface area contributed by atoms with E-state index in [1.165, 1.54) is 6.20 Å². The fourth-order valence-electron chi connectivity index (χ4n) is 2.36. The number of rotatable bonds is 5. The third-order valence-corrected chi connectivity index (χ3v) is 4.18. The van der Waals surface area contributed by atoms with E-state index < -0.39 is 0 Å². The number of nitrogens with zero attached hydrogens (tertiary/aromatic N) is 4. The van der Waals surface area contributed by atoms with Crippen LogP contribution in [0, 0.1) is 6.92 Å². The van der Waals surface area contributed by atoms with Crippen molar-refractivity contribution in [1.29, 1.82) is 0 Å². The standard InChI is InChI=1S/C19H17BrN4O/c1-14-10-23-18(11-22-14)19(25)24(13-17-4-2-3-9-21-17)12-15-5-7-16(20)8-6-15/h2-11H,12-13H2,1H3. The number of aromatic nitrogens is 3. The Kier molecular flexibility index (Phi) is 5.50. The molecule has 0 unspecified atom stereocenters. The van der Waals surface area contributed by atoms with Crippen molar-refractivity contribution in [3.63, 3.8) is 0 Å². The molecule has 25 heavy (non-hydrogen) atoms. The van der Waals surface area contributed by atoms with E-state index in [1.807, 2.05) is 49.4 Å². The molecule has 0 saturated heterocycles. The molecule has 0 spiro atoms. The van der Waals surface area contributed by atoms with Crippen LogP contribution in [0.3, 0.4) is 0 Å². The molecule has 0 saturated carbocycles. The molecule has 1 amide bonds. The number of halogens is 1. The van der Waals surface area contributed by atoms with Crippen LogP contribution in [0.4, 0.5) is 0 Å². The van der Waals surface area contributed by atoms with Gasteiger partial charge in [0.25, 0.3) is 5.91 Å². The maximum atomic E-state index is 12.9. The Morgan fingerprint density at radius 3 is 2.44 bits per heavy atom. The van der Waals surface area contributed by atoms with Crippen LogP contribution in [0.25, 0.3) is 0 Å². The summed E-state index contributed by atoms with van der Waals surface area (Å²) in [6, 6.07) is 13.6. The molecule has 2 heterocycles. The number of carbonyl (C=O) groups is 1. The second-order valence-electron chi connectivity index (χ2n) is 5.65. The van der Waals surface area contributed by atoms with E-state index in [1.54, 1.807) is 17.3 Å². The quantitative estimate of drug-likeness (QED) is 0.658. The van der Waals surface area contributed by atoms with Gasteiger partial charge in [-0.3, -0.25) is 14.8 Å². The summed E-state index contributed by atoms with van der Waals surface area (Å²) in [6.45, 7) is 2.72. The monoisotopic (exact) mass is 396 g/mol. The molecule has 126 valence electrons. The van der Waals surface area contributed by atoms with Gasteiger partial charge in [0.05, 0.1) is 24.1 Å². The maximum Gasteiger partial charge on any atom is 0.274 e. The van der Waals surface area contributed by atoms with Crippen molar-refractivity contribution in [2.75, 3.05) is 0 Å². The first-order valence-electron chi connectivity index (χ1n) is 7.84. The van der Waals surface area contributed by atoms with Crippen molar-refractivity contribution in [3.05, 3.63) is 88.2 Å². The Morgan fingerprint density at radius 1 is 1.00 bits per heavy atom. The largest absolute Gasteiger partial charge is 0.327 e. The molecule has 0 aliphatic heterocycles. The molecular formula is C19H17BrN4O. The number of hydrogen-bond acceptors (Lipinski definition) is 4. The fraction of sp³-hybridized carbons (Fsp3) is 0.158. The van der Waals surface area contributed by atoms with Crippen molar-refractivity contribution in [2.24, 2.45) is 0 Å². The van der Waals surface area contributed by atoms with Gasteiger partial charge >= 0.3 is 0 Å². The van der Waals surface area contributed by atoms with Crippen molar-refractivity contribution >= 4 is 21.8 Å². The summed E-state index contributed by atoms with van der Waals surface area (Å²) < 4.78 is 1.00. The van der Waals surface area contributed by atoms with E-state index in [0.717, 1.165) is 21.4 Å². The van der Waals surface area contributed by atoms with Gasteiger partial charge in [-0.1, -0.05) is 34.1 Å². The topological polar surface area (TPSA) is 59.0 Å². The average molecular weight is 397 g/mol. The van der Waals surface area contributed by atoms with Gasteiger partial charge in [0.1, 0.15) is 5.69 Å². The second kappa shape index (κ2) is 7.98. The molecule has 0 N–H and O–H groups in total. The van der Waals surface area contributed by atoms with Crippen LogP contribution < -0.4 is 0 Å². The normalized spacial score (nSPS) is 10.5. The van der Waals surface area contributed by atoms with E-state index >= 15 is 0 Å². The van der Waals surface area contributed by atoms with Crippen molar-refractivity contribution < 1.29 is 4.79 Å². The summed E-state index contributed by atoms with van der Waals surface area (Å²) >= 11 is 3.43. The van der Waals surface area contributed by atoms with E-state index in [4.69, 9.17) is 0 Å². The third kappa shape index (κ3) is 4.70. The van der Waals surface area contributed by atoms with Gasteiger partial charge in [-0.05, 0) is 36.8 Å². The predicted molar refractivity (Wildman–Crippen MR) is 98.7 cm³/mol. The molecule has 5 nitrogen and oxygen atoms in total. The lowest BCUT2D eigenvalue weighted by Crippen LogP contribution is -2.31. The van der Waals surface area contributed by atoms with Crippen LogP contribution >= 0.6 is 15.9 Å². The molecule has 0 atom stereocenters. The van der Waals surface area contributed by atoms with E-state index in [9.17, 15) is 4.79 Å². The zero-order valence-corrected chi connectivity index (χ0v) is 15.3. The van der Waals surface area contributed by atoms with Gasteiger partial charge in [0.15, 0.2) is 0 Å². The lowest BCUT2D eigenvalue weighted by atomic mass is 10.2. The minimum Gasteiger partial charge on any atom is -0.327 e. The highest BCUT2D eigenvalue weighted by Gasteiger charge is 2.18. The van der Waals surface area contributed by atoms with Gasteiger partial charge in [0.2, 0.25) is 0 Å². The number of carbonyl (C=O) groups excluding carboxylic acids is 1. The van der Waals surface area contributed by atoms with Gasteiger partial charge < -0.3 is 4.90 Å². The molecule has 0 aliphatic carbocycles.